The fourth-order valence-corrected chi connectivity index (χ4v) is 2.73. The zero-order valence-corrected chi connectivity index (χ0v) is 15.0. The molecule has 0 saturated carbocycles. The summed E-state index contributed by atoms with van der Waals surface area (Å²) in [4.78, 5) is 22.8. The van der Waals surface area contributed by atoms with Gasteiger partial charge in [0.05, 0.1) is 19.1 Å². The van der Waals surface area contributed by atoms with E-state index in [1.54, 1.807) is 30.3 Å². The maximum absolute atomic E-state index is 12.1. The molecule has 0 aromatic heterocycles. The van der Waals surface area contributed by atoms with Gasteiger partial charge in [-0.05, 0) is 41.3 Å². The average molecular weight is 374 g/mol. The fraction of sp³-hybridized carbons (Fsp3) is 0.200. The Bertz CT molecular complexity index is 815. The van der Waals surface area contributed by atoms with Crippen LogP contribution in [0.2, 0.25) is 5.02 Å². The number of hydrogen-bond acceptors (Lipinski definition) is 3. The molecule has 2 aromatic carbocycles. The van der Waals surface area contributed by atoms with Gasteiger partial charge in [-0.15, -0.1) is 0 Å². The van der Waals surface area contributed by atoms with Gasteiger partial charge in [0.25, 0.3) is 0 Å². The van der Waals surface area contributed by atoms with Gasteiger partial charge in [0.1, 0.15) is 0 Å². The SMILES string of the molecule is Cc1ccc(C=CC(=O)N[C@H](CO)c2ccc(CC(=O)O)cc2)c(Cl)c1. The van der Waals surface area contributed by atoms with E-state index in [1.807, 2.05) is 25.1 Å². The fourth-order valence-electron chi connectivity index (χ4n) is 2.43. The van der Waals surface area contributed by atoms with Crippen LogP contribution in [0.1, 0.15) is 28.3 Å². The number of carboxylic acids is 1. The van der Waals surface area contributed by atoms with Crippen molar-refractivity contribution < 1.29 is 19.8 Å². The number of aliphatic hydroxyl groups is 1. The largest absolute Gasteiger partial charge is 0.481 e. The minimum atomic E-state index is -0.912. The molecular formula is C20H20ClNO4. The number of carbonyl (C=O) groups is 2. The first-order valence-electron chi connectivity index (χ1n) is 8.05. The van der Waals surface area contributed by atoms with Gasteiger partial charge in [-0.1, -0.05) is 48.0 Å². The van der Waals surface area contributed by atoms with Gasteiger partial charge in [0, 0.05) is 11.1 Å². The van der Waals surface area contributed by atoms with Crippen molar-refractivity contribution in [2.75, 3.05) is 6.61 Å². The summed E-state index contributed by atoms with van der Waals surface area (Å²) >= 11 is 6.13. The standard InChI is InChI=1S/C20H20ClNO4/c1-13-2-5-15(17(21)10-13)8-9-19(24)22-18(12-23)16-6-3-14(4-7-16)11-20(25)26/h2-10,18,23H,11-12H2,1H3,(H,22,24)(H,25,26)/t18-/m1/s1. The van der Waals surface area contributed by atoms with Crippen molar-refractivity contribution in [3.63, 3.8) is 0 Å². The van der Waals surface area contributed by atoms with Crippen LogP contribution >= 0.6 is 11.6 Å². The van der Waals surface area contributed by atoms with Crippen molar-refractivity contribution >= 4 is 29.6 Å². The molecule has 0 aliphatic rings. The van der Waals surface area contributed by atoms with E-state index < -0.39 is 12.0 Å². The van der Waals surface area contributed by atoms with E-state index in [0.717, 1.165) is 11.1 Å². The Morgan fingerprint density at radius 2 is 1.88 bits per heavy atom. The molecule has 0 bridgehead atoms. The lowest BCUT2D eigenvalue weighted by Crippen LogP contribution is -2.29. The number of aliphatic hydroxyl groups excluding tert-OH is 1. The molecule has 26 heavy (non-hydrogen) atoms. The topological polar surface area (TPSA) is 86.6 Å². The van der Waals surface area contributed by atoms with Crippen LogP contribution in [0.25, 0.3) is 6.08 Å². The van der Waals surface area contributed by atoms with Gasteiger partial charge >= 0.3 is 5.97 Å². The lowest BCUT2D eigenvalue weighted by Gasteiger charge is -2.16. The van der Waals surface area contributed by atoms with E-state index in [1.165, 1.54) is 6.08 Å². The Balaban J connectivity index is 2.03. The summed E-state index contributed by atoms with van der Waals surface area (Å²) in [6.07, 6.45) is 2.90. The first-order chi connectivity index (χ1) is 12.4. The quantitative estimate of drug-likeness (QED) is 0.651. The molecule has 0 spiro atoms. The van der Waals surface area contributed by atoms with E-state index in [0.29, 0.717) is 16.1 Å². The van der Waals surface area contributed by atoms with Crippen molar-refractivity contribution in [3.05, 3.63) is 75.8 Å². The molecule has 1 atom stereocenters. The maximum atomic E-state index is 12.1. The Morgan fingerprint density at radius 3 is 2.46 bits per heavy atom. The molecule has 2 rings (SSSR count). The zero-order chi connectivity index (χ0) is 19.1. The second-order valence-corrected chi connectivity index (χ2v) is 6.32. The molecule has 0 saturated heterocycles. The van der Waals surface area contributed by atoms with Gasteiger partial charge in [0.2, 0.25) is 5.91 Å². The molecule has 0 unspecified atom stereocenters. The molecule has 5 nitrogen and oxygen atoms in total. The van der Waals surface area contributed by atoms with Crippen molar-refractivity contribution in [1.29, 1.82) is 0 Å². The zero-order valence-electron chi connectivity index (χ0n) is 14.3. The van der Waals surface area contributed by atoms with Crippen molar-refractivity contribution in [3.8, 4) is 0 Å². The molecule has 0 heterocycles. The highest BCUT2D eigenvalue weighted by atomic mass is 35.5. The molecule has 0 fully saturated rings. The molecule has 1 amide bonds. The van der Waals surface area contributed by atoms with E-state index in [-0.39, 0.29) is 18.9 Å². The number of benzene rings is 2. The van der Waals surface area contributed by atoms with Gasteiger partial charge in [0.15, 0.2) is 0 Å². The van der Waals surface area contributed by atoms with E-state index in [9.17, 15) is 14.7 Å². The third-order valence-corrected chi connectivity index (χ3v) is 4.13. The second kappa shape index (κ2) is 9.17. The number of hydrogen-bond donors (Lipinski definition) is 3. The summed E-state index contributed by atoms with van der Waals surface area (Å²) in [5.41, 5.74) is 3.10. The number of nitrogens with one attached hydrogen (secondary N) is 1. The number of halogens is 1. The monoisotopic (exact) mass is 373 g/mol. The lowest BCUT2D eigenvalue weighted by atomic mass is 10.0. The van der Waals surface area contributed by atoms with Crippen LogP contribution in [0.5, 0.6) is 0 Å². The van der Waals surface area contributed by atoms with E-state index in [4.69, 9.17) is 16.7 Å². The first kappa shape index (κ1) is 19.7. The van der Waals surface area contributed by atoms with Crippen LogP contribution in [0.4, 0.5) is 0 Å². The van der Waals surface area contributed by atoms with Gasteiger partial charge in [-0.2, -0.15) is 0 Å². The highest BCUT2D eigenvalue weighted by Crippen LogP contribution is 2.19. The van der Waals surface area contributed by atoms with E-state index >= 15 is 0 Å². The first-order valence-corrected chi connectivity index (χ1v) is 8.43. The van der Waals surface area contributed by atoms with Crippen LogP contribution in [0.3, 0.4) is 0 Å². The van der Waals surface area contributed by atoms with Crippen LogP contribution in [-0.4, -0.2) is 28.7 Å². The Morgan fingerprint density at radius 1 is 1.19 bits per heavy atom. The highest BCUT2D eigenvalue weighted by Gasteiger charge is 2.12. The molecule has 3 N–H and O–H groups in total. The molecule has 0 aliphatic heterocycles. The summed E-state index contributed by atoms with van der Waals surface area (Å²) in [7, 11) is 0. The number of amides is 1. The Labute approximate surface area is 156 Å². The summed E-state index contributed by atoms with van der Waals surface area (Å²) in [5, 5.41) is 21.6. The van der Waals surface area contributed by atoms with Crippen LogP contribution in [0.15, 0.2) is 48.5 Å². The minimum absolute atomic E-state index is 0.0729. The van der Waals surface area contributed by atoms with Gasteiger partial charge < -0.3 is 15.5 Å². The van der Waals surface area contributed by atoms with Crippen LogP contribution in [-0.2, 0) is 16.0 Å². The van der Waals surface area contributed by atoms with Gasteiger partial charge in [-0.3, -0.25) is 9.59 Å². The Kier molecular flexibility index (Phi) is 6.95. The summed E-state index contributed by atoms with van der Waals surface area (Å²) in [6, 6.07) is 11.7. The summed E-state index contributed by atoms with van der Waals surface area (Å²) < 4.78 is 0. The normalized spacial score (nSPS) is 12.1. The minimum Gasteiger partial charge on any atom is -0.481 e. The third kappa shape index (κ3) is 5.72. The number of aryl methyl sites for hydroxylation is 1. The maximum Gasteiger partial charge on any atom is 0.307 e. The summed E-state index contributed by atoms with van der Waals surface area (Å²) in [5.74, 6) is -1.28. The molecule has 0 aliphatic carbocycles. The van der Waals surface area contributed by atoms with Gasteiger partial charge in [-0.25, -0.2) is 0 Å². The summed E-state index contributed by atoms with van der Waals surface area (Å²) in [6.45, 7) is 1.66. The van der Waals surface area contributed by atoms with Crippen molar-refractivity contribution in [2.24, 2.45) is 0 Å². The second-order valence-electron chi connectivity index (χ2n) is 5.91. The van der Waals surface area contributed by atoms with E-state index in [2.05, 4.69) is 5.32 Å². The highest BCUT2D eigenvalue weighted by molar-refractivity contribution is 6.32. The van der Waals surface area contributed by atoms with Crippen molar-refractivity contribution in [2.45, 2.75) is 19.4 Å². The third-order valence-electron chi connectivity index (χ3n) is 3.81. The molecule has 2 aromatic rings. The van der Waals surface area contributed by atoms with Crippen molar-refractivity contribution in [1.82, 2.24) is 5.32 Å². The smallest absolute Gasteiger partial charge is 0.307 e. The number of aliphatic carboxylic acids is 1. The predicted molar refractivity (Wildman–Crippen MR) is 101 cm³/mol. The van der Waals surface area contributed by atoms with Crippen LogP contribution in [0, 0.1) is 6.92 Å². The molecule has 0 radical (unpaired) electrons. The molecule has 136 valence electrons. The predicted octanol–water partition coefficient (Wildman–Crippen LogP) is 3.14. The van der Waals surface area contributed by atoms with Crippen LogP contribution < -0.4 is 5.32 Å². The molecule has 6 heteroatoms. The number of rotatable bonds is 7. The number of carboxylic acid groups (broad SMARTS) is 1. The average Bonchev–Trinajstić information content (AvgIpc) is 2.59. The number of carbonyl (C=O) groups excluding carboxylic acids is 1. The molecular weight excluding hydrogens is 354 g/mol. The lowest BCUT2D eigenvalue weighted by molar-refractivity contribution is -0.136. The Hall–Kier alpha value is -2.63.